The lowest BCUT2D eigenvalue weighted by Crippen LogP contribution is -1.92. The molecule has 0 aliphatic carbocycles. The van der Waals surface area contributed by atoms with Gasteiger partial charge >= 0.3 is 0 Å². The lowest BCUT2D eigenvalue weighted by Gasteiger charge is -2.00. The summed E-state index contributed by atoms with van der Waals surface area (Å²) in [4.78, 5) is 14.4. The van der Waals surface area contributed by atoms with E-state index in [0.29, 0.717) is 11.3 Å². The number of nitro benzene ring substituents is 1. The van der Waals surface area contributed by atoms with Crippen LogP contribution in [-0.2, 0) is 0 Å². The van der Waals surface area contributed by atoms with Crippen molar-refractivity contribution < 1.29 is 4.92 Å². The molecule has 15 heavy (non-hydrogen) atoms. The molecular weight excluding hydrogens is 192 g/mol. The number of rotatable bonds is 2. The van der Waals surface area contributed by atoms with Crippen molar-refractivity contribution in [1.82, 2.24) is 4.98 Å². The van der Waals surface area contributed by atoms with Gasteiger partial charge in [-0.25, -0.2) is 0 Å². The first kappa shape index (κ1) is 9.33. The number of nitrogens with zero attached hydrogens (tertiary/aromatic N) is 2. The highest BCUT2D eigenvalue weighted by molar-refractivity contribution is 5.69. The van der Waals surface area contributed by atoms with Crippen molar-refractivity contribution in [3.05, 3.63) is 58.8 Å². The molecular formula is C11H7N2O2. The molecule has 0 saturated carbocycles. The van der Waals surface area contributed by atoms with Gasteiger partial charge in [0, 0.05) is 6.20 Å². The maximum absolute atomic E-state index is 10.7. The first-order chi connectivity index (χ1) is 7.29. The smallest absolute Gasteiger partial charge is 0.258 e. The Hall–Kier alpha value is -2.23. The van der Waals surface area contributed by atoms with Crippen LogP contribution in [0.25, 0.3) is 11.3 Å². The van der Waals surface area contributed by atoms with E-state index in [4.69, 9.17) is 0 Å². The monoisotopic (exact) mass is 199 g/mol. The van der Waals surface area contributed by atoms with Gasteiger partial charge in [-0.05, 0) is 24.3 Å². The van der Waals surface area contributed by atoms with E-state index in [9.17, 15) is 10.1 Å². The zero-order chi connectivity index (χ0) is 10.7. The average Bonchev–Trinajstić information content (AvgIpc) is 2.30. The van der Waals surface area contributed by atoms with Gasteiger partial charge in [0.1, 0.15) is 0 Å². The van der Waals surface area contributed by atoms with Crippen molar-refractivity contribution in [2.75, 3.05) is 0 Å². The summed E-state index contributed by atoms with van der Waals surface area (Å²) in [5.74, 6) is 0. The van der Waals surface area contributed by atoms with Gasteiger partial charge in [0.05, 0.1) is 22.2 Å². The van der Waals surface area contributed by atoms with Crippen LogP contribution in [0.5, 0.6) is 0 Å². The lowest BCUT2D eigenvalue weighted by molar-refractivity contribution is -0.384. The fourth-order valence-electron chi connectivity index (χ4n) is 1.31. The van der Waals surface area contributed by atoms with Gasteiger partial charge in [0.15, 0.2) is 0 Å². The number of hydrogen-bond donors (Lipinski definition) is 0. The summed E-state index contributed by atoms with van der Waals surface area (Å²) in [6.45, 7) is 0. The summed E-state index contributed by atoms with van der Waals surface area (Å²) in [6, 6.07) is 12.8. The second kappa shape index (κ2) is 3.88. The predicted octanol–water partition coefficient (Wildman–Crippen LogP) is 2.46. The van der Waals surface area contributed by atoms with Crippen molar-refractivity contribution in [1.29, 1.82) is 0 Å². The van der Waals surface area contributed by atoms with Gasteiger partial charge in [0.2, 0.25) is 0 Å². The molecule has 0 amide bonds. The van der Waals surface area contributed by atoms with Gasteiger partial charge in [-0.1, -0.05) is 12.1 Å². The van der Waals surface area contributed by atoms with E-state index >= 15 is 0 Å². The zero-order valence-electron chi connectivity index (χ0n) is 7.75. The summed E-state index contributed by atoms with van der Waals surface area (Å²) in [7, 11) is 0. The first-order valence-electron chi connectivity index (χ1n) is 4.35. The molecule has 0 unspecified atom stereocenters. The Balaban J connectivity index is 2.58. The summed E-state index contributed by atoms with van der Waals surface area (Å²) >= 11 is 0. The number of benzene rings is 1. The van der Waals surface area contributed by atoms with Crippen LogP contribution in [0.15, 0.2) is 42.6 Å². The molecule has 1 radical (unpaired) electrons. The van der Waals surface area contributed by atoms with Gasteiger partial charge < -0.3 is 0 Å². The Morgan fingerprint density at radius 2 is 2.13 bits per heavy atom. The molecule has 1 aromatic carbocycles. The second-order valence-corrected chi connectivity index (χ2v) is 2.90. The fraction of sp³-hybridized carbons (Fsp3) is 0. The van der Waals surface area contributed by atoms with E-state index in [-0.39, 0.29) is 5.69 Å². The first-order valence-corrected chi connectivity index (χ1v) is 4.35. The largest absolute Gasteiger partial charge is 0.286 e. The minimum Gasteiger partial charge on any atom is -0.258 e. The van der Waals surface area contributed by atoms with Crippen LogP contribution in [-0.4, -0.2) is 9.91 Å². The Labute approximate surface area is 86.4 Å². The van der Waals surface area contributed by atoms with E-state index < -0.39 is 4.92 Å². The van der Waals surface area contributed by atoms with Crippen molar-refractivity contribution in [2.24, 2.45) is 0 Å². The van der Waals surface area contributed by atoms with Crippen molar-refractivity contribution in [3.8, 4) is 11.3 Å². The summed E-state index contributed by atoms with van der Waals surface area (Å²) < 4.78 is 0. The quantitative estimate of drug-likeness (QED) is 0.551. The summed E-state index contributed by atoms with van der Waals surface area (Å²) in [5, 5.41) is 10.7. The van der Waals surface area contributed by atoms with Crippen LogP contribution in [0.4, 0.5) is 5.69 Å². The minimum absolute atomic E-state index is 0.0452. The minimum atomic E-state index is -0.454. The van der Waals surface area contributed by atoms with E-state index in [1.807, 2.05) is 0 Å². The lowest BCUT2D eigenvalue weighted by atomic mass is 10.1. The summed E-state index contributed by atoms with van der Waals surface area (Å²) in [5.41, 5.74) is 1.03. The van der Waals surface area contributed by atoms with Crippen LogP contribution in [0.3, 0.4) is 0 Å². The fourth-order valence-corrected chi connectivity index (χ4v) is 1.31. The van der Waals surface area contributed by atoms with Crippen molar-refractivity contribution >= 4 is 5.69 Å². The Bertz CT molecular complexity index is 483. The van der Waals surface area contributed by atoms with Crippen molar-refractivity contribution in [2.45, 2.75) is 0 Å². The highest BCUT2D eigenvalue weighted by Crippen LogP contribution is 2.26. The van der Waals surface area contributed by atoms with E-state index in [2.05, 4.69) is 11.1 Å². The van der Waals surface area contributed by atoms with Crippen LogP contribution in [0, 0.1) is 16.2 Å². The molecule has 0 aliphatic heterocycles. The maximum atomic E-state index is 10.7. The molecule has 1 heterocycles. The third-order valence-corrected chi connectivity index (χ3v) is 1.96. The number of pyridine rings is 1. The third kappa shape index (κ3) is 1.83. The molecule has 0 spiro atoms. The molecule has 0 N–H and O–H groups in total. The van der Waals surface area contributed by atoms with Gasteiger partial charge in [-0.15, -0.1) is 0 Å². The molecule has 2 aromatic rings. The molecule has 0 bridgehead atoms. The number of aromatic nitrogens is 1. The summed E-state index contributed by atoms with van der Waals surface area (Å²) in [6.07, 6.45) is 1.60. The zero-order valence-corrected chi connectivity index (χ0v) is 7.75. The van der Waals surface area contributed by atoms with Gasteiger partial charge in [-0.2, -0.15) is 0 Å². The topological polar surface area (TPSA) is 56.0 Å². The molecule has 1 aromatic heterocycles. The third-order valence-electron chi connectivity index (χ3n) is 1.96. The van der Waals surface area contributed by atoms with E-state index in [0.717, 1.165) is 0 Å². The molecule has 4 heteroatoms. The Morgan fingerprint density at radius 1 is 1.27 bits per heavy atom. The van der Waals surface area contributed by atoms with Crippen LogP contribution >= 0.6 is 0 Å². The van der Waals surface area contributed by atoms with Gasteiger partial charge in [-0.3, -0.25) is 15.1 Å². The standard InChI is InChI=1S/C11H7N2O2/c14-13(15)11-7-2-1-5-9(11)10-6-3-4-8-12-10/h1-6,8H. The molecule has 0 aliphatic rings. The second-order valence-electron chi connectivity index (χ2n) is 2.90. The molecule has 73 valence electrons. The maximum Gasteiger partial charge on any atom is 0.286 e. The average molecular weight is 199 g/mol. The van der Waals surface area contributed by atoms with Crippen LogP contribution < -0.4 is 0 Å². The highest BCUT2D eigenvalue weighted by atomic mass is 16.6. The van der Waals surface area contributed by atoms with Gasteiger partial charge in [0.25, 0.3) is 5.69 Å². The van der Waals surface area contributed by atoms with Crippen LogP contribution in [0.2, 0.25) is 0 Å². The molecule has 0 atom stereocenters. The number of para-hydroxylation sites is 1. The van der Waals surface area contributed by atoms with E-state index in [1.165, 1.54) is 6.07 Å². The molecule has 0 fully saturated rings. The Kier molecular flexibility index (Phi) is 2.41. The Morgan fingerprint density at radius 3 is 2.80 bits per heavy atom. The van der Waals surface area contributed by atoms with E-state index in [1.54, 1.807) is 36.5 Å². The number of nitro groups is 1. The van der Waals surface area contributed by atoms with Crippen molar-refractivity contribution in [3.63, 3.8) is 0 Å². The molecule has 0 saturated heterocycles. The SMILES string of the molecule is O=[N+]([O-])c1[c]cccc1-c1ccccn1. The number of hydrogen-bond acceptors (Lipinski definition) is 3. The highest BCUT2D eigenvalue weighted by Gasteiger charge is 2.14. The molecule has 2 rings (SSSR count). The predicted molar refractivity (Wildman–Crippen MR) is 55.2 cm³/mol. The molecule has 4 nitrogen and oxygen atoms in total. The normalized spacial score (nSPS) is 9.87. The van der Waals surface area contributed by atoms with Crippen LogP contribution in [0.1, 0.15) is 0 Å².